The second kappa shape index (κ2) is 7.68. The van der Waals surface area contributed by atoms with E-state index in [1.807, 2.05) is 30.5 Å². The van der Waals surface area contributed by atoms with Gasteiger partial charge in [0, 0.05) is 17.1 Å². The van der Waals surface area contributed by atoms with Crippen LogP contribution >= 0.6 is 12.2 Å². The zero-order valence-electron chi connectivity index (χ0n) is 16.3. The first kappa shape index (κ1) is 19.7. The van der Waals surface area contributed by atoms with Crippen molar-refractivity contribution < 1.29 is 14.0 Å². The van der Waals surface area contributed by atoms with Gasteiger partial charge < -0.3 is 4.57 Å². The highest BCUT2D eigenvalue weighted by Crippen LogP contribution is 2.26. The van der Waals surface area contributed by atoms with E-state index in [-0.39, 0.29) is 16.5 Å². The van der Waals surface area contributed by atoms with E-state index in [1.165, 1.54) is 17.0 Å². The Labute approximate surface area is 178 Å². The number of nitrogens with one attached hydrogen (secondary N) is 1. The van der Waals surface area contributed by atoms with Crippen molar-refractivity contribution in [2.75, 3.05) is 4.90 Å². The van der Waals surface area contributed by atoms with Gasteiger partial charge in [0.1, 0.15) is 11.4 Å². The number of benzene rings is 2. The predicted molar refractivity (Wildman–Crippen MR) is 118 cm³/mol. The lowest BCUT2D eigenvalue weighted by Crippen LogP contribution is -2.54. The van der Waals surface area contributed by atoms with E-state index in [1.54, 1.807) is 42.5 Å². The summed E-state index contributed by atoms with van der Waals surface area (Å²) in [4.78, 5) is 27.0. The largest absolute Gasteiger partial charge is 0.318 e. The molecular weight excluding hydrogens is 401 g/mol. The van der Waals surface area contributed by atoms with Crippen molar-refractivity contribution in [2.24, 2.45) is 0 Å². The van der Waals surface area contributed by atoms with E-state index in [9.17, 15) is 14.0 Å². The van der Waals surface area contributed by atoms with Crippen molar-refractivity contribution in [3.63, 3.8) is 0 Å². The third kappa shape index (κ3) is 3.44. The molecule has 0 unspecified atom stereocenters. The van der Waals surface area contributed by atoms with E-state index in [2.05, 4.69) is 5.32 Å². The van der Waals surface area contributed by atoms with Crippen molar-refractivity contribution in [3.8, 4) is 5.69 Å². The van der Waals surface area contributed by atoms with Crippen molar-refractivity contribution in [2.45, 2.75) is 13.8 Å². The number of aryl methyl sites for hydroxylation is 1. The minimum atomic E-state index is -0.548. The van der Waals surface area contributed by atoms with E-state index < -0.39 is 11.8 Å². The molecule has 1 N–H and O–H groups in total. The molecule has 0 radical (unpaired) electrons. The van der Waals surface area contributed by atoms with Crippen LogP contribution < -0.4 is 10.2 Å². The molecule has 1 aliphatic heterocycles. The summed E-state index contributed by atoms with van der Waals surface area (Å²) >= 11 is 5.21. The summed E-state index contributed by atoms with van der Waals surface area (Å²) in [5.41, 5.74) is 3.54. The molecule has 1 aliphatic rings. The second-order valence-corrected chi connectivity index (χ2v) is 7.32. The molecule has 7 heteroatoms. The molecule has 2 heterocycles. The van der Waals surface area contributed by atoms with Gasteiger partial charge in [0.25, 0.3) is 11.8 Å². The van der Waals surface area contributed by atoms with E-state index >= 15 is 0 Å². The normalized spacial score (nSPS) is 15.6. The molecule has 30 heavy (non-hydrogen) atoms. The number of carbonyl (C=O) groups is 2. The average Bonchev–Trinajstić information content (AvgIpc) is 2.99. The van der Waals surface area contributed by atoms with Crippen LogP contribution in [0.25, 0.3) is 11.8 Å². The Kier molecular flexibility index (Phi) is 5.05. The molecule has 0 atom stereocenters. The van der Waals surface area contributed by atoms with Crippen LogP contribution in [0, 0.1) is 19.7 Å². The summed E-state index contributed by atoms with van der Waals surface area (Å²) in [6.45, 7) is 3.74. The van der Waals surface area contributed by atoms with Crippen LogP contribution in [0.15, 0.2) is 66.2 Å². The second-order valence-electron chi connectivity index (χ2n) is 6.94. The fourth-order valence-corrected chi connectivity index (χ4v) is 3.85. The SMILES string of the molecule is Cc1cc(/C=C2\C(=O)NC(=S)N(c3ccccc3)C2=O)c(C)n1-c1cccc(F)c1. The van der Waals surface area contributed by atoms with Crippen molar-refractivity contribution >= 4 is 40.9 Å². The number of halogens is 1. The van der Waals surface area contributed by atoms with Gasteiger partial charge in [0.15, 0.2) is 5.11 Å². The minimum Gasteiger partial charge on any atom is -0.318 e. The highest BCUT2D eigenvalue weighted by Gasteiger charge is 2.34. The Balaban J connectivity index is 1.77. The molecular formula is C23H18FN3O2S. The molecule has 1 fully saturated rings. The maximum Gasteiger partial charge on any atom is 0.270 e. The van der Waals surface area contributed by atoms with Gasteiger partial charge in [0.05, 0.1) is 5.69 Å². The monoisotopic (exact) mass is 419 g/mol. The van der Waals surface area contributed by atoms with E-state index in [4.69, 9.17) is 12.2 Å². The molecule has 0 spiro atoms. The Morgan fingerprint density at radius 3 is 2.37 bits per heavy atom. The topological polar surface area (TPSA) is 54.3 Å². The molecule has 1 saturated heterocycles. The van der Waals surface area contributed by atoms with Gasteiger partial charge in [-0.15, -0.1) is 0 Å². The molecule has 2 aromatic carbocycles. The van der Waals surface area contributed by atoms with Crippen molar-refractivity contribution in [1.29, 1.82) is 0 Å². The minimum absolute atomic E-state index is 0.0213. The highest BCUT2D eigenvalue weighted by molar-refractivity contribution is 7.80. The third-order valence-electron chi connectivity index (χ3n) is 4.95. The van der Waals surface area contributed by atoms with E-state index in [0.717, 1.165) is 11.4 Å². The number of nitrogens with zero attached hydrogens (tertiary/aromatic N) is 2. The Morgan fingerprint density at radius 2 is 1.67 bits per heavy atom. The molecule has 2 amide bonds. The molecule has 5 nitrogen and oxygen atoms in total. The molecule has 4 rings (SSSR count). The number of amides is 2. The first-order valence-electron chi connectivity index (χ1n) is 9.28. The molecule has 1 aromatic heterocycles. The van der Waals surface area contributed by atoms with Crippen LogP contribution in [0.4, 0.5) is 10.1 Å². The van der Waals surface area contributed by atoms with Gasteiger partial charge in [-0.25, -0.2) is 4.39 Å². The molecule has 0 bridgehead atoms. The zero-order chi connectivity index (χ0) is 21.4. The van der Waals surface area contributed by atoms with Gasteiger partial charge in [0.2, 0.25) is 0 Å². The fourth-order valence-electron chi connectivity index (χ4n) is 3.57. The van der Waals surface area contributed by atoms with Crippen molar-refractivity contribution in [1.82, 2.24) is 9.88 Å². The molecule has 150 valence electrons. The summed E-state index contributed by atoms with van der Waals surface area (Å²) < 4.78 is 15.6. The predicted octanol–water partition coefficient (Wildman–Crippen LogP) is 4.06. The fraction of sp³-hybridized carbons (Fsp3) is 0.0870. The summed E-state index contributed by atoms with van der Waals surface area (Å²) in [6, 6.07) is 17.0. The van der Waals surface area contributed by atoms with Gasteiger partial charge in [-0.05, 0) is 74.1 Å². The summed E-state index contributed by atoms with van der Waals surface area (Å²) in [5.74, 6) is -1.38. The number of rotatable bonds is 3. The number of carbonyl (C=O) groups excluding carboxylic acids is 2. The van der Waals surface area contributed by atoms with Crippen LogP contribution in [-0.2, 0) is 9.59 Å². The Hall–Kier alpha value is -3.58. The van der Waals surface area contributed by atoms with Gasteiger partial charge in [-0.1, -0.05) is 24.3 Å². The number of thiocarbonyl (C=S) groups is 1. The summed E-state index contributed by atoms with van der Waals surface area (Å²) in [7, 11) is 0. The lowest BCUT2D eigenvalue weighted by Gasteiger charge is -2.28. The van der Waals surface area contributed by atoms with Gasteiger partial charge in [-0.2, -0.15) is 0 Å². The lowest BCUT2D eigenvalue weighted by molar-refractivity contribution is -0.122. The quantitative estimate of drug-likeness (QED) is 0.396. The highest BCUT2D eigenvalue weighted by atomic mass is 32.1. The first-order valence-corrected chi connectivity index (χ1v) is 9.69. The number of anilines is 1. The smallest absolute Gasteiger partial charge is 0.270 e. The molecule has 0 saturated carbocycles. The number of para-hydroxylation sites is 1. The Bertz CT molecular complexity index is 1210. The standard InChI is InChI=1S/C23H18FN3O2S/c1-14-11-16(15(2)26(14)19-10-6-7-17(24)13-19)12-20-21(28)25-23(30)27(22(20)29)18-8-4-3-5-9-18/h3-13H,1-2H3,(H,25,28,30)/b20-12+. The maximum absolute atomic E-state index is 13.7. The summed E-state index contributed by atoms with van der Waals surface area (Å²) in [5, 5.41) is 2.62. The lowest BCUT2D eigenvalue weighted by atomic mass is 10.1. The first-order chi connectivity index (χ1) is 14.4. The third-order valence-corrected chi connectivity index (χ3v) is 5.24. The number of hydrogen-bond donors (Lipinski definition) is 1. The van der Waals surface area contributed by atoms with Crippen molar-refractivity contribution in [3.05, 3.63) is 89.0 Å². The molecule has 3 aromatic rings. The van der Waals surface area contributed by atoms with Crippen LogP contribution in [0.5, 0.6) is 0 Å². The van der Waals surface area contributed by atoms with E-state index in [0.29, 0.717) is 16.9 Å². The van der Waals surface area contributed by atoms with Crippen LogP contribution in [0.3, 0.4) is 0 Å². The van der Waals surface area contributed by atoms with Crippen LogP contribution in [-0.4, -0.2) is 21.5 Å². The Morgan fingerprint density at radius 1 is 0.967 bits per heavy atom. The number of aromatic nitrogens is 1. The number of hydrogen-bond acceptors (Lipinski definition) is 3. The van der Waals surface area contributed by atoms with Crippen LogP contribution in [0.2, 0.25) is 0 Å². The van der Waals surface area contributed by atoms with Gasteiger partial charge >= 0.3 is 0 Å². The van der Waals surface area contributed by atoms with Crippen LogP contribution in [0.1, 0.15) is 17.0 Å². The van der Waals surface area contributed by atoms with Gasteiger partial charge in [-0.3, -0.25) is 19.8 Å². The zero-order valence-corrected chi connectivity index (χ0v) is 17.2. The molecule has 0 aliphatic carbocycles. The average molecular weight is 419 g/mol. The maximum atomic E-state index is 13.7. The summed E-state index contributed by atoms with van der Waals surface area (Å²) in [6.07, 6.45) is 1.55.